The molecule has 1 aromatic rings. The number of nitrogens with zero attached hydrogens (tertiary/aromatic N) is 2. The summed E-state index contributed by atoms with van der Waals surface area (Å²) in [5.74, 6) is -1.43. The summed E-state index contributed by atoms with van der Waals surface area (Å²) in [5, 5.41) is 0. The van der Waals surface area contributed by atoms with Gasteiger partial charge in [0, 0.05) is 18.7 Å². The minimum absolute atomic E-state index is 0.306. The molecule has 0 atom stereocenters. The molecule has 0 spiro atoms. The van der Waals surface area contributed by atoms with Gasteiger partial charge in [-0.1, -0.05) is 6.08 Å². The Bertz CT molecular complexity index is 576. The van der Waals surface area contributed by atoms with Crippen molar-refractivity contribution in [2.45, 2.75) is 13.3 Å². The second-order valence-corrected chi connectivity index (χ2v) is 4.84. The summed E-state index contributed by atoms with van der Waals surface area (Å²) in [6.45, 7) is 3.60. The van der Waals surface area contributed by atoms with E-state index in [0.717, 1.165) is 0 Å². The van der Waals surface area contributed by atoms with Crippen LogP contribution in [0.15, 0.2) is 35.3 Å². The van der Waals surface area contributed by atoms with E-state index in [2.05, 4.69) is 4.99 Å². The maximum Gasteiger partial charge on any atom is 0.231 e. The molecule has 4 nitrogen and oxygen atoms in total. The molecular weight excluding hydrogens is 290 g/mol. The summed E-state index contributed by atoms with van der Waals surface area (Å²) in [7, 11) is 0. The Morgan fingerprint density at radius 2 is 1.95 bits per heavy atom. The molecule has 1 amide bonds. The molecule has 0 unspecified atom stereocenters. The van der Waals surface area contributed by atoms with Gasteiger partial charge in [0.15, 0.2) is 5.97 Å². The predicted octanol–water partition coefficient (Wildman–Crippen LogP) is 2.80. The van der Waals surface area contributed by atoms with Crippen molar-refractivity contribution in [3.63, 3.8) is 0 Å². The van der Waals surface area contributed by atoms with Crippen LogP contribution in [0.2, 0.25) is 0 Å². The van der Waals surface area contributed by atoms with Gasteiger partial charge in [0.05, 0.1) is 25.3 Å². The fourth-order valence-corrected chi connectivity index (χ4v) is 2.14. The molecule has 0 saturated carbocycles. The van der Waals surface area contributed by atoms with Crippen LogP contribution in [0, 0.1) is 5.82 Å². The highest BCUT2D eigenvalue weighted by Crippen LogP contribution is 2.17. The molecule has 0 aliphatic carbocycles. The van der Waals surface area contributed by atoms with Gasteiger partial charge in [0.25, 0.3) is 0 Å². The van der Waals surface area contributed by atoms with Crippen LogP contribution in [0.25, 0.3) is 5.70 Å². The van der Waals surface area contributed by atoms with Crippen molar-refractivity contribution < 1.29 is 18.3 Å². The number of rotatable bonds is 4. The van der Waals surface area contributed by atoms with E-state index in [4.69, 9.17) is 4.74 Å². The number of benzene rings is 1. The molecule has 1 aromatic carbocycles. The molecule has 0 aromatic heterocycles. The SMILES string of the molecule is C/C=C(\N=C(/F)CC(=O)N1CCOCC1)c1ccc(F)cc1. The molecular formula is C16H18F2N2O2. The Kier molecular flexibility index (Phi) is 5.77. The van der Waals surface area contributed by atoms with Gasteiger partial charge in [0.1, 0.15) is 5.82 Å². The number of carbonyl (C=O) groups is 1. The minimum Gasteiger partial charge on any atom is -0.378 e. The Balaban J connectivity index is 2.03. The zero-order valence-corrected chi connectivity index (χ0v) is 12.4. The van der Waals surface area contributed by atoms with Crippen LogP contribution in [0.3, 0.4) is 0 Å². The lowest BCUT2D eigenvalue weighted by Gasteiger charge is -2.26. The largest absolute Gasteiger partial charge is 0.378 e. The molecule has 1 aliphatic heterocycles. The summed E-state index contributed by atoms with van der Waals surface area (Å²) >= 11 is 0. The van der Waals surface area contributed by atoms with Crippen LogP contribution < -0.4 is 0 Å². The van der Waals surface area contributed by atoms with Crippen LogP contribution in [-0.4, -0.2) is 43.1 Å². The van der Waals surface area contributed by atoms with Crippen LogP contribution >= 0.6 is 0 Å². The van der Waals surface area contributed by atoms with Crippen LogP contribution in [-0.2, 0) is 9.53 Å². The minimum atomic E-state index is -0.756. The average Bonchev–Trinajstić information content (AvgIpc) is 2.54. The zero-order valence-electron chi connectivity index (χ0n) is 12.4. The smallest absolute Gasteiger partial charge is 0.231 e. The van der Waals surface area contributed by atoms with E-state index in [9.17, 15) is 13.6 Å². The predicted molar refractivity (Wildman–Crippen MR) is 80.6 cm³/mol. The molecule has 0 N–H and O–H groups in total. The van der Waals surface area contributed by atoms with Gasteiger partial charge < -0.3 is 9.64 Å². The molecule has 22 heavy (non-hydrogen) atoms. The van der Waals surface area contributed by atoms with Crippen molar-refractivity contribution in [2.24, 2.45) is 4.99 Å². The third kappa shape index (κ3) is 4.46. The first-order chi connectivity index (χ1) is 10.6. The molecule has 6 heteroatoms. The first-order valence-corrected chi connectivity index (χ1v) is 7.11. The number of allylic oxidation sites excluding steroid dienone is 1. The van der Waals surface area contributed by atoms with Gasteiger partial charge in [-0.05, 0) is 31.2 Å². The van der Waals surface area contributed by atoms with Gasteiger partial charge in [-0.3, -0.25) is 4.79 Å². The quantitative estimate of drug-likeness (QED) is 0.803. The summed E-state index contributed by atoms with van der Waals surface area (Å²) in [6, 6.07) is 5.60. The van der Waals surface area contributed by atoms with E-state index in [1.807, 2.05) is 0 Å². The second-order valence-electron chi connectivity index (χ2n) is 4.84. The van der Waals surface area contributed by atoms with E-state index in [1.165, 1.54) is 24.3 Å². The highest BCUT2D eigenvalue weighted by atomic mass is 19.1. The number of halogens is 2. The Morgan fingerprint density at radius 3 is 2.55 bits per heavy atom. The third-order valence-corrected chi connectivity index (χ3v) is 3.32. The first-order valence-electron chi connectivity index (χ1n) is 7.11. The molecule has 0 bridgehead atoms. The Hall–Kier alpha value is -2.08. The number of aliphatic imine (C=N–C) groups is 1. The summed E-state index contributed by atoms with van der Waals surface area (Å²) in [4.78, 5) is 17.3. The van der Waals surface area contributed by atoms with Crippen LogP contribution in [0.4, 0.5) is 8.78 Å². The lowest BCUT2D eigenvalue weighted by Crippen LogP contribution is -2.41. The normalized spacial score (nSPS) is 16.8. The lowest BCUT2D eigenvalue weighted by atomic mass is 10.1. The van der Waals surface area contributed by atoms with Crippen molar-refractivity contribution in [1.29, 1.82) is 0 Å². The first kappa shape index (κ1) is 16.3. The number of ether oxygens (including phenoxy) is 1. The van der Waals surface area contributed by atoms with Gasteiger partial charge >= 0.3 is 0 Å². The average molecular weight is 308 g/mol. The third-order valence-electron chi connectivity index (χ3n) is 3.32. The maximum absolute atomic E-state index is 14.0. The molecule has 1 saturated heterocycles. The highest BCUT2D eigenvalue weighted by molar-refractivity contribution is 5.98. The van der Waals surface area contributed by atoms with Gasteiger partial charge in [-0.25, -0.2) is 9.38 Å². The summed E-state index contributed by atoms with van der Waals surface area (Å²) < 4.78 is 32.0. The van der Waals surface area contributed by atoms with Gasteiger partial charge in [-0.15, -0.1) is 0 Å². The van der Waals surface area contributed by atoms with Gasteiger partial charge in [0.2, 0.25) is 5.91 Å². The number of morpholine rings is 1. The second kappa shape index (κ2) is 7.79. The monoisotopic (exact) mass is 308 g/mol. The van der Waals surface area contributed by atoms with E-state index in [0.29, 0.717) is 37.6 Å². The fourth-order valence-electron chi connectivity index (χ4n) is 2.14. The van der Waals surface area contributed by atoms with Crippen molar-refractivity contribution >= 4 is 17.6 Å². The van der Waals surface area contributed by atoms with Crippen LogP contribution in [0.1, 0.15) is 18.9 Å². The molecule has 118 valence electrons. The van der Waals surface area contributed by atoms with Crippen molar-refractivity contribution in [3.05, 3.63) is 41.7 Å². The standard InChI is InChI=1S/C16H18F2N2O2/c1-2-14(12-3-5-13(17)6-4-12)19-15(18)11-16(21)20-7-9-22-10-8-20/h2-6H,7-11H2,1H3/b14-2-,19-15-. The van der Waals surface area contributed by atoms with E-state index < -0.39 is 5.97 Å². The zero-order chi connectivity index (χ0) is 15.9. The van der Waals surface area contributed by atoms with E-state index in [1.54, 1.807) is 17.9 Å². The molecule has 0 radical (unpaired) electrons. The molecule has 1 aliphatic rings. The van der Waals surface area contributed by atoms with E-state index in [-0.39, 0.29) is 18.1 Å². The number of hydrogen-bond acceptors (Lipinski definition) is 3. The fraction of sp³-hybridized carbons (Fsp3) is 0.375. The summed E-state index contributed by atoms with van der Waals surface area (Å²) in [5.41, 5.74) is 0.963. The Morgan fingerprint density at radius 1 is 1.32 bits per heavy atom. The number of carbonyl (C=O) groups excluding carboxylic acids is 1. The number of amides is 1. The topological polar surface area (TPSA) is 41.9 Å². The molecule has 1 fully saturated rings. The summed E-state index contributed by atoms with van der Waals surface area (Å²) in [6.07, 6.45) is 1.24. The number of hydrogen-bond donors (Lipinski definition) is 0. The molecule has 1 heterocycles. The maximum atomic E-state index is 14.0. The molecule has 2 rings (SSSR count). The Labute approximate surface area is 128 Å². The van der Waals surface area contributed by atoms with Gasteiger partial charge in [-0.2, -0.15) is 4.39 Å². The van der Waals surface area contributed by atoms with Crippen LogP contribution in [0.5, 0.6) is 0 Å². The highest BCUT2D eigenvalue weighted by Gasteiger charge is 2.18. The van der Waals surface area contributed by atoms with Crippen molar-refractivity contribution in [3.8, 4) is 0 Å². The van der Waals surface area contributed by atoms with Crippen molar-refractivity contribution in [1.82, 2.24) is 4.90 Å². The van der Waals surface area contributed by atoms with E-state index >= 15 is 0 Å². The van der Waals surface area contributed by atoms with Crippen molar-refractivity contribution in [2.75, 3.05) is 26.3 Å². The lowest BCUT2D eigenvalue weighted by molar-refractivity contribution is -0.134.